The van der Waals surface area contributed by atoms with Crippen LogP contribution in [0.5, 0.6) is 0 Å². The Bertz CT molecular complexity index is 237. The Morgan fingerprint density at radius 2 is 1.77 bits per heavy atom. The normalized spacial score (nSPS) is 11.0. The van der Waals surface area contributed by atoms with Crippen molar-refractivity contribution in [1.82, 2.24) is 0 Å². The maximum Gasteiger partial charge on any atom is 0.341 e. The van der Waals surface area contributed by atoms with E-state index in [1.54, 1.807) is 20.8 Å². The first-order chi connectivity index (χ1) is 6.01. The summed E-state index contributed by atoms with van der Waals surface area (Å²) in [6.45, 7) is 9.16. The van der Waals surface area contributed by atoms with Gasteiger partial charge in [0.25, 0.3) is 0 Å². The van der Waals surface area contributed by atoms with E-state index < -0.39 is 13.1 Å². The van der Waals surface area contributed by atoms with Gasteiger partial charge in [0.1, 0.15) is 7.14 Å². The Hall–Kier alpha value is -0.560. The van der Waals surface area contributed by atoms with Crippen LogP contribution in [0.4, 0.5) is 0 Å². The van der Waals surface area contributed by atoms with E-state index in [2.05, 4.69) is 6.58 Å². The lowest BCUT2D eigenvalue weighted by Crippen LogP contribution is -2.09. The van der Waals surface area contributed by atoms with Crippen molar-refractivity contribution in [2.24, 2.45) is 0 Å². The first kappa shape index (κ1) is 12.4. The van der Waals surface area contributed by atoms with Gasteiger partial charge in [-0.2, -0.15) is 0 Å². The third-order valence-electron chi connectivity index (χ3n) is 2.02. The molecule has 0 aromatic rings. The van der Waals surface area contributed by atoms with Gasteiger partial charge in [-0.1, -0.05) is 20.4 Å². The second-order valence-electron chi connectivity index (χ2n) is 2.69. The van der Waals surface area contributed by atoms with Gasteiger partial charge in [0.05, 0.1) is 11.9 Å². The molecule has 0 fully saturated rings. The van der Waals surface area contributed by atoms with Gasteiger partial charge in [0.2, 0.25) is 0 Å². The predicted octanol–water partition coefficient (Wildman–Crippen LogP) is 2.47. The van der Waals surface area contributed by atoms with Crippen LogP contribution in [0.25, 0.3) is 0 Å². The summed E-state index contributed by atoms with van der Waals surface area (Å²) < 4.78 is 16.7. The van der Waals surface area contributed by atoms with E-state index in [4.69, 9.17) is 4.74 Å². The van der Waals surface area contributed by atoms with Crippen LogP contribution in [0, 0.1) is 0 Å². The van der Waals surface area contributed by atoms with Gasteiger partial charge in [-0.15, -0.1) is 0 Å². The van der Waals surface area contributed by atoms with E-state index in [9.17, 15) is 9.36 Å². The van der Waals surface area contributed by atoms with E-state index in [1.165, 1.54) is 0 Å². The number of carbonyl (C=O) groups is 1. The second-order valence-corrected chi connectivity index (χ2v) is 6.27. The van der Waals surface area contributed by atoms with E-state index in [1.807, 2.05) is 0 Å². The van der Waals surface area contributed by atoms with Crippen molar-refractivity contribution in [3.8, 4) is 0 Å². The minimum Gasteiger partial charge on any atom is -0.462 e. The molecule has 0 radical (unpaired) electrons. The number of hydrogen-bond donors (Lipinski definition) is 0. The third kappa shape index (κ3) is 3.00. The van der Waals surface area contributed by atoms with Crippen LogP contribution in [-0.4, -0.2) is 24.9 Å². The lowest BCUT2D eigenvalue weighted by molar-refractivity contribution is -0.137. The molecule has 0 atom stereocenters. The number of rotatable bonds is 5. The van der Waals surface area contributed by atoms with E-state index in [0.717, 1.165) is 0 Å². The van der Waals surface area contributed by atoms with E-state index >= 15 is 0 Å². The number of ether oxygens (including phenoxy) is 1. The van der Waals surface area contributed by atoms with Crippen molar-refractivity contribution in [3.63, 3.8) is 0 Å². The van der Waals surface area contributed by atoms with Gasteiger partial charge in [0, 0.05) is 12.3 Å². The standard InChI is InChI=1S/C9H17O3P/c1-5-12-9(10)8(4)13(11,6-2)7-3/h4-7H2,1-3H3. The molecule has 0 aromatic carbocycles. The number of esters is 1. The molecule has 0 saturated heterocycles. The molecule has 0 spiro atoms. The van der Waals surface area contributed by atoms with Crippen molar-refractivity contribution >= 4 is 13.1 Å². The summed E-state index contributed by atoms with van der Waals surface area (Å²) in [7, 11) is -2.53. The van der Waals surface area contributed by atoms with Crippen molar-refractivity contribution in [3.05, 3.63) is 11.9 Å². The van der Waals surface area contributed by atoms with Gasteiger partial charge in [-0.25, -0.2) is 4.79 Å². The summed E-state index contributed by atoms with van der Waals surface area (Å²) in [5.41, 5.74) is 0. The summed E-state index contributed by atoms with van der Waals surface area (Å²) in [4.78, 5) is 11.2. The zero-order valence-electron chi connectivity index (χ0n) is 8.50. The van der Waals surface area contributed by atoms with Crippen LogP contribution in [0.15, 0.2) is 11.9 Å². The fourth-order valence-electron chi connectivity index (χ4n) is 0.986. The van der Waals surface area contributed by atoms with E-state index in [0.29, 0.717) is 18.9 Å². The molecule has 0 saturated carbocycles. The molecule has 0 aliphatic rings. The van der Waals surface area contributed by atoms with Gasteiger partial charge >= 0.3 is 5.97 Å². The van der Waals surface area contributed by atoms with Crippen molar-refractivity contribution in [2.45, 2.75) is 20.8 Å². The van der Waals surface area contributed by atoms with Crippen molar-refractivity contribution < 1.29 is 14.1 Å². The Morgan fingerprint density at radius 1 is 1.31 bits per heavy atom. The third-order valence-corrected chi connectivity index (χ3v) is 5.23. The summed E-state index contributed by atoms with van der Waals surface area (Å²) in [5.74, 6) is -0.519. The van der Waals surface area contributed by atoms with E-state index in [-0.39, 0.29) is 5.31 Å². The predicted molar refractivity (Wildman–Crippen MR) is 54.5 cm³/mol. The molecule has 0 aliphatic heterocycles. The molecule has 0 aromatic heterocycles. The van der Waals surface area contributed by atoms with Crippen LogP contribution in [0.1, 0.15) is 20.8 Å². The van der Waals surface area contributed by atoms with Gasteiger partial charge in [-0.05, 0) is 6.92 Å². The fraction of sp³-hybridized carbons (Fsp3) is 0.667. The Labute approximate surface area is 79.5 Å². The molecule has 0 rings (SSSR count). The first-order valence-corrected chi connectivity index (χ1v) is 6.54. The molecule has 0 aliphatic carbocycles. The van der Waals surface area contributed by atoms with Crippen LogP contribution in [-0.2, 0) is 14.1 Å². The number of carbonyl (C=O) groups excluding carboxylic acids is 1. The maximum atomic E-state index is 12.0. The lowest BCUT2D eigenvalue weighted by atomic mass is 10.6. The Balaban J connectivity index is 4.57. The quantitative estimate of drug-likeness (QED) is 0.392. The zero-order valence-corrected chi connectivity index (χ0v) is 9.39. The average Bonchev–Trinajstić information content (AvgIpc) is 2.16. The van der Waals surface area contributed by atoms with Crippen LogP contribution < -0.4 is 0 Å². The number of hydrogen-bond acceptors (Lipinski definition) is 3. The van der Waals surface area contributed by atoms with Crippen molar-refractivity contribution in [1.29, 1.82) is 0 Å². The van der Waals surface area contributed by atoms with Gasteiger partial charge in [-0.3, -0.25) is 0 Å². The van der Waals surface area contributed by atoms with Crippen LogP contribution in [0.2, 0.25) is 0 Å². The highest BCUT2D eigenvalue weighted by Crippen LogP contribution is 2.52. The molecule has 3 nitrogen and oxygen atoms in total. The molecule has 4 heteroatoms. The molecule has 0 amide bonds. The molecule has 0 unspecified atom stereocenters. The second kappa shape index (κ2) is 5.23. The molecule has 13 heavy (non-hydrogen) atoms. The Kier molecular flexibility index (Phi) is 5.01. The lowest BCUT2D eigenvalue weighted by Gasteiger charge is -2.15. The molecule has 0 bridgehead atoms. The summed E-state index contributed by atoms with van der Waals surface area (Å²) in [6, 6.07) is 0. The summed E-state index contributed by atoms with van der Waals surface area (Å²) >= 11 is 0. The van der Waals surface area contributed by atoms with Crippen LogP contribution >= 0.6 is 7.14 Å². The average molecular weight is 204 g/mol. The monoisotopic (exact) mass is 204 g/mol. The molecule has 76 valence electrons. The van der Waals surface area contributed by atoms with Crippen molar-refractivity contribution in [2.75, 3.05) is 18.9 Å². The highest BCUT2D eigenvalue weighted by atomic mass is 31.2. The molecular weight excluding hydrogens is 187 g/mol. The maximum absolute atomic E-state index is 12.0. The highest BCUT2D eigenvalue weighted by Gasteiger charge is 2.27. The van der Waals surface area contributed by atoms with Crippen LogP contribution in [0.3, 0.4) is 0 Å². The fourth-order valence-corrected chi connectivity index (χ4v) is 2.59. The molecule has 0 heterocycles. The smallest absolute Gasteiger partial charge is 0.341 e. The topological polar surface area (TPSA) is 43.4 Å². The minimum atomic E-state index is -2.53. The van der Waals surface area contributed by atoms with Gasteiger partial charge < -0.3 is 9.30 Å². The molecular formula is C9H17O3P. The molecule has 0 N–H and O–H groups in total. The summed E-state index contributed by atoms with van der Waals surface area (Å²) in [6.07, 6.45) is 0.947. The van der Waals surface area contributed by atoms with Gasteiger partial charge in [0.15, 0.2) is 0 Å². The SMILES string of the molecule is C=C(C(=O)OCC)P(=O)(CC)CC. The largest absolute Gasteiger partial charge is 0.462 e. The minimum absolute atomic E-state index is 0.152. The Morgan fingerprint density at radius 3 is 2.08 bits per heavy atom. The summed E-state index contributed by atoms with van der Waals surface area (Å²) in [5, 5.41) is 0.152. The first-order valence-electron chi connectivity index (χ1n) is 4.46. The highest BCUT2D eigenvalue weighted by molar-refractivity contribution is 7.69. The zero-order chi connectivity index (χ0) is 10.5.